The molecule has 1 fully saturated rings. The molecule has 0 unspecified atom stereocenters. The third kappa shape index (κ3) is 4.08. The number of piperidine rings is 1. The first-order valence-electron chi connectivity index (χ1n) is 7.44. The highest BCUT2D eigenvalue weighted by molar-refractivity contribution is 6.30. The van der Waals surface area contributed by atoms with Gasteiger partial charge in [-0.1, -0.05) is 11.6 Å². The molecule has 7 nitrogen and oxygen atoms in total. The highest BCUT2D eigenvalue weighted by Gasteiger charge is 2.29. The van der Waals surface area contributed by atoms with Gasteiger partial charge in [-0.25, -0.2) is 19.9 Å². The van der Waals surface area contributed by atoms with Crippen molar-refractivity contribution >= 4 is 31.1 Å². The minimum absolute atomic E-state index is 0.0554. The number of aliphatic hydroxyl groups is 1. The van der Waals surface area contributed by atoms with Crippen molar-refractivity contribution in [1.82, 2.24) is 19.9 Å². The maximum Gasteiger partial charge on any atom is 0.225 e. The number of hydrogen-bond donors (Lipinski definition) is 1. The molecule has 3 rings (SSSR count). The topological polar surface area (TPSA) is 84.3 Å². The molecule has 0 radical (unpaired) electrons. The van der Waals surface area contributed by atoms with E-state index < -0.39 is 6.10 Å². The lowest BCUT2D eigenvalue weighted by molar-refractivity contribution is 0.0611. The number of β-amino-alcohol motifs (C(OH)–C–C–N with tert-alkyl or cyclic N) is 1. The maximum absolute atomic E-state index is 10.3. The van der Waals surface area contributed by atoms with Crippen molar-refractivity contribution in [3.05, 3.63) is 29.8 Å². The molecule has 1 aliphatic rings. The summed E-state index contributed by atoms with van der Waals surface area (Å²) in [5.41, 5.74) is 0.702. The van der Waals surface area contributed by atoms with Gasteiger partial charge in [0.05, 0.1) is 48.2 Å². The largest absolute Gasteiger partial charge is 0.490 e. The van der Waals surface area contributed by atoms with E-state index in [0.717, 1.165) is 13.0 Å². The summed E-state index contributed by atoms with van der Waals surface area (Å²) in [5.74, 6) is 1.26. The molecule has 0 saturated carbocycles. The maximum atomic E-state index is 10.3. The van der Waals surface area contributed by atoms with Crippen LogP contribution in [0.25, 0.3) is 0 Å². The first-order chi connectivity index (χ1) is 11.1. The third-order valence-electron chi connectivity index (χ3n) is 3.83. The van der Waals surface area contributed by atoms with Crippen LogP contribution in [0, 0.1) is 5.92 Å². The second kappa shape index (κ2) is 7.10. The monoisotopic (exact) mass is 333 g/mol. The number of ether oxygens (including phenoxy) is 1. The zero-order valence-electron chi connectivity index (χ0n) is 12.8. The van der Waals surface area contributed by atoms with Gasteiger partial charge in [0.2, 0.25) is 5.95 Å². The quantitative estimate of drug-likeness (QED) is 0.751. The average molecular weight is 334 g/mol. The third-order valence-corrected chi connectivity index (χ3v) is 4.03. The summed E-state index contributed by atoms with van der Waals surface area (Å²) < 4.78 is 5.68. The van der Waals surface area contributed by atoms with E-state index in [2.05, 4.69) is 19.9 Å². The van der Waals surface area contributed by atoms with Crippen LogP contribution in [-0.2, 0) is 0 Å². The van der Waals surface area contributed by atoms with Crippen molar-refractivity contribution in [1.29, 1.82) is 0 Å². The molecule has 120 valence electrons. The average Bonchev–Trinajstić information content (AvgIpc) is 2.56. The zero-order chi connectivity index (χ0) is 16.2. The van der Waals surface area contributed by atoms with E-state index in [1.54, 1.807) is 24.8 Å². The van der Waals surface area contributed by atoms with Gasteiger partial charge in [-0.2, -0.15) is 0 Å². The molecule has 1 aliphatic heterocycles. The van der Waals surface area contributed by atoms with E-state index in [4.69, 9.17) is 16.3 Å². The molecule has 23 heavy (non-hydrogen) atoms. The number of nitrogens with zero attached hydrogens (tertiary/aromatic N) is 5. The molecular weight excluding hydrogens is 316 g/mol. The first-order valence-corrected chi connectivity index (χ1v) is 7.81. The van der Waals surface area contributed by atoms with Gasteiger partial charge in [-0.3, -0.25) is 0 Å². The van der Waals surface area contributed by atoms with E-state index in [-0.39, 0.29) is 5.92 Å². The summed E-state index contributed by atoms with van der Waals surface area (Å²) in [7, 11) is 1.82. The molecule has 2 aromatic heterocycles. The van der Waals surface area contributed by atoms with Crippen molar-refractivity contribution < 1.29 is 9.84 Å². The standard InChI is InChI=1S/C14H17BClN5O2/c15-13-17-5-11(6-18-13)23-8-9-1-2-21(7-12(9)22)14-19-3-10(16)4-20-14/h3-6,9,12,22H,1-2,7-8,15H2/t9-,12-/m0/s1. The van der Waals surface area contributed by atoms with Gasteiger partial charge in [0.25, 0.3) is 0 Å². The van der Waals surface area contributed by atoms with Crippen LogP contribution < -0.4 is 15.4 Å². The lowest BCUT2D eigenvalue weighted by Crippen LogP contribution is -2.46. The van der Waals surface area contributed by atoms with Crippen molar-refractivity contribution in [2.24, 2.45) is 5.92 Å². The highest BCUT2D eigenvalue weighted by Crippen LogP contribution is 2.22. The molecule has 3 heterocycles. The normalized spacial score (nSPS) is 21.2. The lowest BCUT2D eigenvalue weighted by atomic mass is 9.95. The summed E-state index contributed by atoms with van der Waals surface area (Å²) in [5, 5.41) is 10.8. The van der Waals surface area contributed by atoms with Crippen LogP contribution in [-0.4, -0.2) is 58.7 Å². The SMILES string of the molecule is Bc1ncc(OC[C@@H]2CCN(c3ncc(Cl)cn3)C[C@@H]2O)cn1. The van der Waals surface area contributed by atoms with Gasteiger partial charge in [0.15, 0.2) is 13.6 Å². The van der Waals surface area contributed by atoms with Crippen LogP contribution in [0.5, 0.6) is 5.75 Å². The van der Waals surface area contributed by atoms with Crippen molar-refractivity contribution in [3.8, 4) is 5.75 Å². The molecule has 1 saturated heterocycles. The fraction of sp³-hybridized carbons (Fsp3) is 0.429. The molecule has 9 heteroatoms. The number of anilines is 1. The Labute approximate surface area is 140 Å². The Balaban J connectivity index is 1.54. The van der Waals surface area contributed by atoms with Crippen LogP contribution in [0.1, 0.15) is 6.42 Å². The minimum atomic E-state index is -0.505. The lowest BCUT2D eigenvalue weighted by Gasteiger charge is -2.35. The van der Waals surface area contributed by atoms with Crippen LogP contribution in [0.15, 0.2) is 24.8 Å². The molecular formula is C14H17BClN5O2. The summed E-state index contributed by atoms with van der Waals surface area (Å²) in [6.07, 6.45) is 6.69. The number of aromatic nitrogens is 4. The predicted molar refractivity (Wildman–Crippen MR) is 89.1 cm³/mol. The van der Waals surface area contributed by atoms with Gasteiger partial charge < -0.3 is 14.7 Å². The smallest absolute Gasteiger partial charge is 0.225 e. The van der Waals surface area contributed by atoms with E-state index in [0.29, 0.717) is 35.6 Å². The second-order valence-corrected chi connectivity index (χ2v) is 5.98. The Morgan fingerprint density at radius 3 is 2.57 bits per heavy atom. The highest BCUT2D eigenvalue weighted by atomic mass is 35.5. The molecule has 0 spiro atoms. The molecule has 0 bridgehead atoms. The fourth-order valence-corrected chi connectivity index (χ4v) is 2.58. The summed E-state index contributed by atoms with van der Waals surface area (Å²) in [4.78, 5) is 18.5. The van der Waals surface area contributed by atoms with Crippen LogP contribution in [0.2, 0.25) is 5.02 Å². The van der Waals surface area contributed by atoms with Gasteiger partial charge in [-0.15, -0.1) is 0 Å². The zero-order valence-corrected chi connectivity index (χ0v) is 13.5. The predicted octanol–water partition coefficient (Wildman–Crippen LogP) is -0.555. The second-order valence-electron chi connectivity index (χ2n) is 5.54. The number of aliphatic hydroxyl groups excluding tert-OH is 1. The van der Waals surface area contributed by atoms with Gasteiger partial charge >= 0.3 is 0 Å². The van der Waals surface area contributed by atoms with Crippen LogP contribution in [0.3, 0.4) is 0 Å². The summed E-state index contributed by atoms with van der Waals surface area (Å²) >= 11 is 5.79. The Bertz CT molecular complexity index is 643. The van der Waals surface area contributed by atoms with E-state index in [9.17, 15) is 5.11 Å². The summed E-state index contributed by atoms with van der Waals surface area (Å²) in [6, 6.07) is 0. The Kier molecular flexibility index (Phi) is 4.92. The molecule has 0 amide bonds. The molecule has 1 N–H and O–H groups in total. The molecule has 0 aromatic carbocycles. The first kappa shape index (κ1) is 16.0. The summed E-state index contributed by atoms with van der Waals surface area (Å²) in [6.45, 7) is 1.67. The van der Waals surface area contributed by atoms with Gasteiger partial charge in [0.1, 0.15) is 0 Å². The number of hydrogen-bond acceptors (Lipinski definition) is 7. The Morgan fingerprint density at radius 2 is 1.91 bits per heavy atom. The van der Waals surface area contributed by atoms with E-state index >= 15 is 0 Å². The van der Waals surface area contributed by atoms with Crippen molar-refractivity contribution in [2.45, 2.75) is 12.5 Å². The van der Waals surface area contributed by atoms with E-state index in [1.165, 1.54) is 0 Å². The Morgan fingerprint density at radius 1 is 1.22 bits per heavy atom. The van der Waals surface area contributed by atoms with Gasteiger partial charge in [-0.05, 0) is 6.42 Å². The van der Waals surface area contributed by atoms with Crippen LogP contribution in [0.4, 0.5) is 5.95 Å². The van der Waals surface area contributed by atoms with Crippen LogP contribution >= 0.6 is 11.6 Å². The fourth-order valence-electron chi connectivity index (χ4n) is 2.48. The number of halogens is 1. The Hall–Kier alpha value is -1.93. The minimum Gasteiger partial charge on any atom is -0.490 e. The van der Waals surface area contributed by atoms with E-state index in [1.807, 2.05) is 12.7 Å². The van der Waals surface area contributed by atoms with Crippen molar-refractivity contribution in [2.75, 3.05) is 24.6 Å². The molecule has 2 atom stereocenters. The van der Waals surface area contributed by atoms with Crippen molar-refractivity contribution in [3.63, 3.8) is 0 Å². The molecule has 2 aromatic rings. The number of rotatable bonds is 4. The molecule has 0 aliphatic carbocycles. The van der Waals surface area contributed by atoms with Gasteiger partial charge in [0, 0.05) is 19.0 Å².